The van der Waals surface area contributed by atoms with E-state index in [9.17, 15) is 32.5 Å². The summed E-state index contributed by atoms with van der Waals surface area (Å²) in [5.74, 6) is -1.52. The fourth-order valence-corrected chi connectivity index (χ4v) is 5.95. The number of rotatable bonds is 11. The number of pyridine rings is 1. The molecule has 0 bridgehead atoms. The highest BCUT2D eigenvalue weighted by atomic mass is 32.2. The van der Waals surface area contributed by atoms with Crippen LogP contribution < -0.4 is 14.3 Å². The number of nitrogens with zero attached hydrogens (tertiary/aromatic N) is 4. The molecule has 0 saturated carbocycles. The van der Waals surface area contributed by atoms with Crippen molar-refractivity contribution in [2.75, 3.05) is 29.3 Å². The minimum Gasteiger partial charge on any atom is -0.355 e. The fraction of sp³-hybridized carbons (Fsp3) is 0.464. The molecule has 0 aliphatic carbocycles. The molecule has 13 heteroatoms. The molecule has 218 valence electrons. The van der Waals surface area contributed by atoms with Crippen molar-refractivity contribution in [3.63, 3.8) is 0 Å². The SMILES string of the molecule is CCCCC(=O)c1cc(C#N)c(N2CCC(C(=O)NS(=O)(=O)Nc3ccc(F)cc3)CC2)nc1CN1CCCC1=O. The van der Waals surface area contributed by atoms with Gasteiger partial charge in [-0.3, -0.25) is 19.1 Å². The smallest absolute Gasteiger partial charge is 0.323 e. The van der Waals surface area contributed by atoms with Crippen molar-refractivity contribution >= 4 is 39.3 Å². The predicted molar refractivity (Wildman–Crippen MR) is 149 cm³/mol. The first-order valence-electron chi connectivity index (χ1n) is 13.7. The van der Waals surface area contributed by atoms with Crippen LogP contribution in [0.5, 0.6) is 0 Å². The average Bonchev–Trinajstić information content (AvgIpc) is 3.36. The van der Waals surface area contributed by atoms with Crippen molar-refractivity contribution < 1.29 is 27.2 Å². The van der Waals surface area contributed by atoms with Crippen molar-refractivity contribution in [2.24, 2.45) is 5.92 Å². The summed E-state index contributed by atoms with van der Waals surface area (Å²) in [6.07, 6.45) is 3.67. The van der Waals surface area contributed by atoms with E-state index in [1.54, 1.807) is 11.0 Å². The summed E-state index contributed by atoms with van der Waals surface area (Å²) < 4.78 is 42.1. The van der Waals surface area contributed by atoms with E-state index in [4.69, 9.17) is 4.98 Å². The second-order valence-corrected chi connectivity index (χ2v) is 11.7. The minimum absolute atomic E-state index is 0.000337. The molecule has 2 amide bonds. The summed E-state index contributed by atoms with van der Waals surface area (Å²) in [6.45, 7) is 3.41. The maximum absolute atomic E-state index is 13.1. The van der Waals surface area contributed by atoms with E-state index < -0.39 is 27.9 Å². The molecule has 11 nitrogen and oxygen atoms in total. The lowest BCUT2D eigenvalue weighted by Gasteiger charge is -2.33. The Hall–Kier alpha value is -4.05. The highest BCUT2D eigenvalue weighted by Crippen LogP contribution is 2.29. The molecule has 2 aliphatic rings. The van der Waals surface area contributed by atoms with Gasteiger partial charge >= 0.3 is 10.2 Å². The lowest BCUT2D eigenvalue weighted by molar-refractivity contribution is -0.128. The van der Waals surface area contributed by atoms with Crippen LogP contribution in [0.4, 0.5) is 15.9 Å². The van der Waals surface area contributed by atoms with Gasteiger partial charge in [0.1, 0.15) is 17.7 Å². The zero-order chi connectivity index (χ0) is 29.6. The van der Waals surface area contributed by atoms with Crippen LogP contribution in [-0.2, 0) is 26.3 Å². The first-order valence-corrected chi connectivity index (χ1v) is 15.2. The maximum atomic E-state index is 13.1. The number of aromatic nitrogens is 1. The van der Waals surface area contributed by atoms with Gasteiger partial charge in [0.05, 0.1) is 23.5 Å². The Bertz CT molecular complexity index is 1450. The fourth-order valence-electron chi connectivity index (χ4n) is 5.02. The van der Waals surface area contributed by atoms with Gasteiger partial charge in [0, 0.05) is 44.0 Å². The van der Waals surface area contributed by atoms with E-state index in [0.29, 0.717) is 68.8 Å². The third-order valence-corrected chi connectivity index (χ3v) is 8.24. The van der Waals surface area contributed by atoms with E-state index in [0.717, 1.165) is 25.0 Å². The maximum Gasteiger partial charge on any atom is 0.323 e. The number of piperidine rings is 1. The van der Waals surface area contributed by atoms with Gasteiger partial charge < -0.3 is 9.80 Å². The monoisotopic (exact) mass is 584 g/mol. The highest BCUT2D eigenvalue weighted by molar-refractivity contribution is 7.91. The second kappa shape index (κ2) is 13.1. The molecule has 2 aliphatic heterocycles. The highest BCUT2D eigenvalue weighted by Gasteiger charge is 2.31. The average molecular weight is 585 g/mol. The molecule has 2 saturated heterocycles. The number of halogens is 1. The Morgan fingerprint density at radius 2 is 1.88 bits per heavy atom. The Kier molecular flexibility index (Phi) is 9.54. The third kappa shape index (κ3) is 7.58. The van der Waals surface area contributed by atoms with Gasteiger partial charge in [0.15, 0.2) is 5.78 Å². The molecule has 0 unspecified atom stereocenters. The van der Waals surface area contributed by atoms with Gasteiger partial charge in [-0.2, -0.15) is 13.7 Å². The number of hydrogen-bond acceptors (Lipinski definition) is 8. The van der Waals surface area contributed by atoms with Crippen LogP contribution in [0.3, 0.4) is 0 Å². The number of nitrogens with one attached hydrogen (secondary N) is 2. The first-order chi connectivity index (χ1) is 19.6. The van der Waals surface area contributed by atoms with Crippen molar-refractivity contribution in [2.45, 2.75) is 58.4 Å². The van der Waals surface area contributed by atoms with Crippen LogP contribution in [0.25, 0.3) is 0 Å². The quantitative estimate of drug-likeness (QED) is 0.382. The number of ketones is 1. The number of carbonyl (C=O) groups excluding carboxylic acids is 3. The summed E-state index contributed by atoms with van der Waals surface area (Å²) in [5, 5.41) is 9.90. The van der Waals surface area contributed by atoms with Crippen LogP contribution in [-0.4, -0.2) is 55.5 Å². The number of Topliss-reactive ketones (excluding diaryl/α,β-unsaturated/α-hetero) is 1. The number of unbranched alkanes of at least 4 members (excludes halogenated alkanes) is 1. The number of nitriles is 1. The van der Waals surface area contributed by atoms with E-state index >= 15 is 0 Å². The Morgan fingerprint density at radius 1 is 1.17 bits per heavy atom. The standard InChI is InChI=1S/C28H33FN6O5S/c1-2-3-5-25(36)23-16-20(17-30)27(31-24(23)18-35-13-4-6-26(35)37)34-14-11-19(12-15-34)28(38)33-41(39,40)32-22-9-7-21(29)8-10-22/h7-10,16,19,32H,2-6,11-15,18H2,1H3,(H,33,38). The zero-order valence-corrected chi connectivity index (χ0v) is 23.7. The molecule has 2 N–H and O–H groups in total. The van der Waals surface area contributed by atoms with E-state index in [-0.39, 0.29) is 29.5 Å². The lowest BCUT2D eigenvalue weighted by Crippen LogP contribution is -2.44. The van der Waals surface area contributed by atoms with Gasteiger partial charge in [0.2, 0.25) is 11.8 Å². The largest absolute Gasteiger partial charge is 0.355 e. The number of carbonyl (C=O) groups is 3. The third-order valence-electron chi connectivity index (χ3n) is 7.27. The van der Waals surface area contributed by atoms with Crippen molar-refractivity contribution in [1.29, 1.82) is 5.26 Å². The van der Waals surface area contributed by atoms with Crippen molar-refractivity contribution in [3.8, 4) is 6.07 Å². The summed E-state index contributed by atoms with van der Waals surface area (Å²) in [5.41, 5.74) is 1.15. The van der Waals surface area contributed by atoms with Crippen LogP contribution in [0, 0.1) is 23.1 Å². The van der Waals surface area contributed by atoms with Gasteiger partial charge in [-0.05, 0) is 56.0 Å². The molecule has 2 fully saturated rings. The summed E-state index contributed by atoms with van der Waals surface area (Å²) in [7, 11) is -4.22. The van der Waals surface area contributed by atoms with Gasteiger partial charge in [-0.15, -0.1) is 0 Å². The molecular formula is C28H33FN6O5S. The molecule has 0 atom stereocenters. The molecule has 3 heterocycles. The second-order valence-electron chi connectivity index (χ2n) is 10.3. The van der Waals surface area contributed by atoms with Crippen molar-refractivity contribution in [3.05, 3.63) is 53.0 Å². The molecular weight excluding hydrogens is 551 g/mol. The van der Waals surface area contributed by atoms with E-state index in [1.165, 1.54) is 12.1 Å². The van der Waals surface area contributed by atoms with Crippen LogP contribution in [0.1, 0.15) is 73.5 Å². The molecule has 1 aromatic heterocycles. The van der Waals surface area contributed by atoms with Gasteiger partial charge in [0.25, 0.3) is 0 Å². The number of amides is 2. The van der Waals surface area contributed by atoms with Crippen LogP contribution in [0.2, 0.25) is 0 Å². The predicted octanol–water partition coefficient (Wildman–Crippen LogP) is 3.28. The number of likely N-dealkylation sites (tertiary alicyclic amines) is 1. The molecule has 1 aromatic carbocycles. The number of benzene rings is 1. The van der Waals surface area contributed by atoms with Crippen LogP contribution >= 0.6 is 0 Å². The minimum atomic E-state index is -4.22. The summed E-state index contributed by atoms with van der Waals surface area (Å²) in [4.78, 5) is 46.3. The molecule has 2 aromatic rings. The summed E-state index contributed by atoms with van der Waals surface area (Å²) in [6, 6.07) is 8.38. The molecule has 4 rings (SSSR count). The number of hydrogen-bond donors (Lipinski definition) is 2. The molecule has 0 spiro atoms. The van der Waals surface area contributed by atoms with Gasteiger partial charge in [-0.1, -0.05) is 13.3 Å². The van der Waals surface area contributed by atoms with Crippen molar-refractivity contribution in [1.82, 2.24) is 14.6 Å². The summed E-state index contributed by atoms with van der Waals surface area (Å²) >= 11 is 0. The Balaban J connectivity index is 1.47. The normalized spacial score (nSPS) is 16.0. The number of anilines is 2. The van der Waals surface area contributed by atoms with Crippen LogP contribution in [0.15, 0.2) is 30.3 Å². The van der Waals surface area contributed by atoms with E-state index in [1.807, 2.05) is 16.5 Å². The molecule has 41 heavy (non-hydrogen) atoms. The Labute approximate surface area is 238 Å². The first kappa shape index (κ1) is 29.9. The topological polar surface area (TPSA) is 153 Å². The van der Waals surface area contributed by atoms with E-state index in [2.05, 4.69) is 10.8 Å². The molecule has 0 radical (unpaired) electrons. The Morgan fingerprint density at radius 3 is 2.49 bits per heavy atom. The zero-order valence-electron chi connectivity index (χ0n) is 22.9. The van der Waals surface area contributed by atoms with Gasteiger partial charge in [-0.25, -0.2) is 14.1 Å². The lowest BCUT2D eigenvalue weighted by atomic mass is 9.95.